The van der Waals surface area contributed by atoms with Crippen LogP contribution in [0.25, 0.3) is 0 Å². The summed E-state index contributed by atoms with van der Waals surface area (Å²) in [5.74, 6) is 0. The van der Waals surface area contributed by atoms with Gasteiger partial charge in [0.2, 0.25) is 0 Å². The van der Waals surface area contributed by atoms with E-state index in [1.165, 1.54) is 11.1 Å². The second kappa shape index (κ2) is 9.49. The molecule has 0 aliphatic carbocycles. The van der Waals surface area contributed by atoms with Gasteiger partial charge in [0.1, 0.15) is 0 Å². The van der Waals surface area contributed by atoms with Crippen molar-refractivity contribution in [1.29, 1.82) is 0 Å². The fraction of sp³-hybridized carbons (Fsp3) is 0.429. The fourth-order valence-corrected chi connectivity index (χ4v) is 3.06. The van der Waals surface area contributed by atoms with Crippen molar-refractivity contribution in [3.63, 3.8) is 0 Å². The van der Waals surface area contributed by atoms with Gasteiger partial charge in [-0.05, 0) is 30.4 Å². The zero-order valence-electron chi connectivity index (χ0n) is 14.3. The molecule has 2 nitrogen and oxygen atoms in total. The summed E-state index contributed by atoms with van der Waals surface area (Å²) in [4.78, 5) is 0. The number of hydrogen-bond donors (Lipinski definition) is 2. The summed E-state index contributed by atoms with van der Waals surface area (Å²) >= 11 is 0. The predicted molar refractivity (Wildman–Crippen MR) is 97.5 cm³/mol. The highest BCUT2D eigenvalue weighted by atomic mass is 16.3. The third-order valence-corrected chi connectivity index (χ3v) is 4.39. The molecule has 0 amide bonds. The van der Waals surface area contributed by atoms with Crippen molar-refractivity contribution in [2.75, 3.05) is 0 Å². The average molecular weight is 311 g/mol. The van der Waals surface area contributed by atoms with Gasteiger partial charge in [-0.3, -0.25) is 0 Å². The molecule has 2 rings (SSSR count). The quantitative estimate of drug-likeness (QED) is 0.714. The highest BCUT2D eigenvalue weighted by Crippen LogP contribution is 2.21. The molecule has 124 valence electrons. The minimum absolute atomic E-state index is 0.129. The molecule has 2 heteroatoms. The molecule has 0 aliphatic rings. The summed E-state index contributed by atoms with van der Waals surface area (Å²) in [7, 11) is 0. The minimum atomic E-state index is -0.285. The number of benzene rings is 2. The van der Waals surface area contributed by atoms with Crippen molar-refractivity contribution in [1.82, 2.24) is 5.32 Å². The average Bonchev–Trinajstić information content (AvgIpc) is 2.60. The fourth-order valence-electron chi connectivity index (χ4n) is 3.06. The maximum absolute atomic E-state index is 10.4. The van der Waals surface area contributed by atoms with Gasteiger partial charge in [-0.1, -0.05) is 80.9 Å². The third-order valence-electron chi connectivity index (χ3n) is 4.39. The van der Waals surface area contributed by atoms with E-state index in [0.29, 0.717) is 0 Å². The first kappa shape index (κ1) is 17.7. The van der Waals surface area contributed by atoms with Gasteiger partial charge < -0.3 is 10.4 Å². The van der Waals surface area contributed by atoms with Crippen molar-refractivity contribution >= 4 is 0 Å². The van der Waals surface area contributed by atoms with Gasteiger partial charge in [-0.15, -0.1) is 0 Å². The Kier molecular flexibility index (Phi) is 7.31. The van der Waals surface area contributed by atoms with E-state index < -0.39 is 0 Å². The first-order valence-corrected chi connectivity index (χ1v) is 8.77. The number of hydrogen-bond acceptors (Lipinski definition) is 2. The van der Waals surface area contributed by atoms with E-state index in [2.05, 4.69) is 67.7 Å². The Morgan fingerprint density at radius 3 is 2.09 bits per heavy atom. The molecule has 0 bridgehead atoms. The SMILES string of the molecule is CCC[C@@H](O)[C@H](CC)N[C@@H](Cc1ccccc1)c1ccccc1. The van der Waals surface area contributed by atoms with Crippen LogP contribution in [0.2, 0.25) is 0 Å². The van der Waals surface area contributed by atoms with Crippen molar-refractivity contribution in [2.45, 2.75) is 57.7 Å². The van der Waals surface area contributed by atoms with Crippen molar-refractivity contribution in [3.8, 4) is 0 Å². The number of aliphatic hydroxyl groups excluding tert-OH is 1. The molecule has 0 aromatic heterocycles. The van der Waals surface area contributed by atoms with E-state index in [1.54, 1.807) is 0 Å². The maximum Gasteiger partial charge on any atom is 0.0693 e. The van der Waals surface area contributed by atoms with Gasteiger partial charge in [0.05, 0.1) is 6.10 Å². The molecule has 0 heterocycles. The maximum atomic E-state index is 10.4. The van der Waals surface area contributed by atoms with Crippen LogP contribution in [0.5, 0.6) is 0 Å². The predicted octanol–water partition coefficient (Wildman–Crippen LogP) is 4.50. The molecule has 3 atom stereocenters. The van der Waals surface area contributed by atoms with E-state index in [1.807, 2.05) is 12.1 Å². The van der Waals surface area contributed by atoms with E-state index in [4.69, 9.17) is 0 Å². The van der Waals surface area contributed by atoms with Crippen LogP contribution in [0.3, 0.4) is 0 Å². The topological polar surface area (TPSA) is 32.3 Å². The Labute approximate surface area is 140 Å². The number of nitrogens with one attached hydrogen (secondary N) is 1. The van der Waals surface area contributed by atoms with Crippen LogP contribution < -0.4 is 5.32 Å². The van der Waals surface area contributed by atoms with E-state index in [0.717, 1.165) is 25.7 Å². The van der Waals surface area contributed by atoms with Crippen LogP contribution in [0, 0.1) is 0 Å². The van der Waals surface area contributed by atoms with E-state index in [-0.39, 0.29) is 18.2 Å². The van der Waals surface area contributed by atoms with Gasteiger partial charge in [0, 0.05) is 12.1 Å². The Morgan fingerprint density at radius 2 is 1.52 bits per heavy atom. The van der Waals surface area contributed by atoms with Crippen LogP contribution >= 0.6 is 0 Å². The normalized spacial score (nSPS) is 15.1. The van der Waals surface area contributed by atoms with Gasteiger partial charge in [-0.25, -0.2) is 0 Å². The lowest BCUT2D eigenvalue weighted by atomic mass is 9.95. The van der Waals surface area contributed by atoms with Gasteiger partial charge in [0.25, 0.3) is 0 Å². The van der Waals surface area contributed by atoms with Crippen LogP contribution in [-0.4, -0.2) is 17.3 Å². The Morgan fingerprint density at radius 1 is 0.913 bits per heavy atom. The summed E-state index contributed by atoms with van der Waals surface area (Å²) in [5.41, 5.74) is 2.59. The second-order valence-electron chi connectivity index (χ2n) is 6.19. The van der Waals surface area contributed by atoms with Crippen LogP contribution in [-0.2, 0) is 6.42 Å². The van der Waals surface area contributed by atoms with Crippen LogP contribution in [0.1, 0.15) is 50.3 Å². The summed E-state index contributed by atoms with van der Waals surface area (Å²) < 4.78 is 0. The molecule has 2 aromatic carbocycles. The second-order valence-corrected chi connectivity index (χ2v) is 6.19. The minimum Gasteiger partial charge on any atom is -0.392 e. The van der Waals surface area contributed by atoms with Crippen LogP contribution in [0.15, 0.2) is 60.7 Å². The zero-order chi connectivity index (χ0) is 16.5. The molecule has 0 saturated heterocycles. The summed E-state index contributed by atoms with van der Waals surface area (Å²) in [6.07, 6.45) is 3.43. The first-order chi connectivity index (χ1) is 11.2. The van der Waals surface area contributed by atoms with Crippen molar-refractivity contribution in [2.24, 2.45) is 0 Å². The summed E-state index contributed by atoms with van der Waals surface area (Å²) in [6.45, 7) is 4.26. The smallest absolute Gasteiger partial charge is 0.0693 e. The van der Waals surface area contributed by atoms with E-state index in [9.17, 15) is 5.11 Å². The molecule has 0 radical (unpaired) electrons. The molecule has 23 heavy (non-hydrogen) atoms. The van der Waals surface area contributed by atoms with Crippen molar-refractivity contribution in [3.05, 3.63) is 71.8 Å². The summed E-state index contributed by atoms with van der Waals surface area (Å²) in [6, 6.07) is 21.4. The lowest BCUT2D eigenvalue weighted by Crippen LogP contribution is -2.42. The van der Waals surface area contributed by atoms with Gasteiger partial charge in [0.15, 0.2) is 0 Å². The molecule has 0 saturated carbocycles. The Hall–Kier alpha value is -1.64. The van der Waals surface area contributed by atoms with Crippen LogP contribution in [0.4, 0.5) is 0 Å². The molecule has 0 fully saturated rings. The molecule has 0 spiro atoms. The Balaban J connectivity index is 2.16. The van der Waals surface area contributed by atoms with E-state index >= 15 is 0 Å². The van der Waals surface area contributed by atoms with Gasteiger partial charge >= 0.3 is 0 Å². The third kappa shape index (κ3) is 5.49. The molecule has 0 unspecified atom stereocenters. The molecule has 0 aliphatic heterocycles. The molecule has 2 N–H and O–H groups in total. The standard InChI is InChI=1S/C21H29NO/c1-3-11-21(23)19(4-2)22-20(18-14-9-6-10-15-18)16-17-12-7-5-8-13-17/h5-10,12-15,19-23H,3-4,11,16H2,1-2H3/t19-,20-,21+/m0/s1. The largest absolute Gasteiger partial charge is 0.392 e. The highest BCUT2D eigenvalue weighted by Gasteiger charge is 2.21. The van der Waals surface area contributed by atoms with Crippen molar-refractivity contribution < 1.29 is 5.11 Å². The molecule has 2 aromatic rings. The lowest BCUT2D eigenvalue weighted by molar-refractivity contribution is 0.108. The first-order valence-electron chi connectivity index (χ1n) is 8.77. The van der Waals surface area contributed by atoms with Gasteiger partial charge in [-0.2, -0.15) is 0 Å². The Bertz CT molecular complexity index is 540. The molecular weight excluding hydrogens is 282 g/mol. The molecular formula is C21H29NO. The summed E-state index contributed by atoms with van der Waals surface area (Å²) in [5, 5.41) is 14.1. The zero-order valence-corrected chi connectivity index (χ0v) is 14.3. The lowest BCUT2D eigenvalue weighted by Gasteiger charge is -2.29. The number of rotatable bonds is 9. The highest BCUT2D eigenvalue weighted by molar-refractivity contribution is 5.24. The number of aliphatic hydroxyl groups is 1. The monoisotopic (exact) mass is 311 g/mol.